The summed E-state index contributed by atoms with van der Waals surface area (Å²) in [4.78, 5) is 8.09. The molecule has 3 N–H and O–H groups in total. The van der Waals surface area contributed by atoms with Gasteiger partial charge in [-0.2, -0.15) is 0 Å². The first-order valence-corrected chi connectivity index (χ1v) is 7.66. The molecule has 0 radical (unpaired) electrons. The maximum Gasteiger partial charge on any atom is 0.242 e. The maximum atomic E-state index is 12.0. The molecule has 0 unspecified atom stereocenters. The first-order chi connectivity index (χ1) is 9.91. The molecule has 0 amide bonds. The molecule has 0 spiro atoms. The Kier molecular flexibility index (Phi) is 4.39. The lowest BCUT2D eigenvalue weighted by Gasteiger charge is -2.14. The second kappa shape index (κ2) is 6.06. The van der Waals surface area contributed by atoms with Gasteiger partial charge >= 0.3 is 0 Å². The van der Waals surface area contributed by atoms with Gasteiger partial charge in [-0.25, -0.2) is 22.7 Å². The molecule has 0 fully saturated rings. The van der Waals surface area contributed by atoms with E-state index in [1.807, 2.05) is 0 Å². The number of nitrogens with one attached hydrogen (secondary N) is 1. The standard InChI is InChI=1S/C13H17N5O2S/c1-18(2)21(19,20)11-3-4-13(12(14)7-11)16-8-10-5-6-15-9-17-10/h3-7,9,16H,8,14H2,1-2H3. The van der Waals surface area contributed by atoms with Crippen LogP contribution in [0.3, 0.4) is 0 Å². The van der Waals surface area contributed by atoms with Gasteiger partial charge in [0, 0.05) is 20.3 Å². The molecule has 1 aromatic heterocycles. The van der Waals surface area contributed by atoms with Crippen LogP contribution in [0, 0.1) is 0 Å². The predicted octanol–water partition coefficient (Wildman–Crippen LogP) is 0.921. The molecule has 0 atom stereocenters. The molecule has 2 aromatic rings. The zero-order valence-corrected chi connectivity index (χ0v) is 12.6. The van der Waals surface area contributed by atoms with Crippen molar-refractivity contribution in [2.75, 3.05) is 25.1 Å². The summed E-state index contributed by atoms with van der Waals surface area (Å²) < 4.78 is 25.2. The number of aromatic nitrogens is 2. The number of rotatable bonds is 5. The summed E-state index contributed by atoms with van der Waals surface area (Å²) in [5.74, 6) is 0. The van der Waals surface area contributed by atoms with E-state index in [1.165, 1.54) is 32.6 Å². The van der Waals surface area contributed by atoms with Crippen LogP contribution < -0.4 is 11.1 Å². The normalized spacial score (nSPS) is 11.6. The van der Waals surface area contributed by atoms with E-state index in [1.54, 1.807) is 18.3 Å². The van der Waals surface area contributed by atoms with Crippen LogP contribution >= 0.6 is 0 Å². The van der Waals surface area contributed by atoms with Gasteiger partial charge in [0.05, 0.1) is 28.5 Å². The van der Waals surface area contributed by atoms with Crippen LogP contribution in [0.1, 0.15) is 5.69 Å². The van der Waals surface area contributed by atoms with Crippen LogP contribution in [0.25, 0.3) is 0 Å². The molecule has 0 aliphatic carbocycles. The Morgan fingerprint density at radius 1 is 1.29 bits per heavy atom. The minimum atomic E-state index is -3.48. The summed E-state index contributed by atoms with van der Waals surface area (Å²) in [5, 5.41) is 3.11. The van der Waals surface area contributed by atoms with E-state index in [-0.39, 0.29) is 4.90 Å². The van der Waals surface area contributed by atoms with Gasteiger partial charge in [-0.15, -0.1) is 0 Å². The second-order valence-corrected chi connectivity index (χ2v) is 6.74. The fraction of sp³-hybridized carbons (Fsp3) is 0.231. The molecule has 21 heavy (non-hydrogen) atoms. The van der Waals surface area contributed by atoms with Gasteiger partial charge in [-0.1, -0.05) is 0 Å². The van der Waals surface area contributed by atoms with Crippen LogP contribution in [0.5, 0.6) is 0 Å². The molecule has 0 saturated carbocycles. The van der Waals surface area contributed by atoms with Gasteiger partial charge in [0.25, 0.3) is 0 Å². The van der Waals surface area contributed by atoms with Gasteiger partial charge in [0.2, 0.25) is 10.0 Å². The van der Waals surface area contributed by atoms with E-state index in [9.17, 15) is 8.42 Å². The zero-order chi connectivity index (χ0) is 15.5. The highest BCUT2D eigenvalue weighted by Gasteiger charge is 2.17. The number of sulfonamides is 1. The van der Waals surface area contributed by atoms with E-state index in [0.29, 0.717) is 17.9 Å². The zero-order valence-electron chi connectivity index (χ0n) is 11.8. The van der Waals surface area contributed by atoms with Crippen molar-refractivity contribution in [1.82, 2.24) is 14.3 Å². The van der Waals surface area contributed by atoms with E-state index in [2.05, 4.69) is 15.3 Å². The van der Waals surface area contributed by atoms with Crippen LogP contribution in [-0.2, 0) is 16.6 Å². The Bertz CT molecular complexity index is 717. The highest BCUT2D eigenvalue weighted by Crippen LogP contribution is 2.24. The quantitative estimate of drug-likeness (QED) is 0.797. The lowest BCUT2D eigenvalue weighted by molar-refractivity contribution is 0.521. The SMILES string of the molecule is CN(C)S(=O)(=O)c1ccc(NCc2ccncn2)c(N)c1. The third-order valence-corrected chi connectivity index (χ3v) is 4.72. The highest BCUT2D eigenvalue weighted by atomic mass is 32.2. The average molecular weight is 307 g/mol. The van der Waals surface area contributed by atoms with E-state index in [0.717, 1.165) is 10.00 Å². The molecular weight excluding hydrogens is 290 g/mol. The Morgan fingerprint density at radius 3 is 2.62 bits per heavy atom. The van der Waals surface area contributed by atoms with Crippen molar-refractivity contribution in [3.8, 4) is 0 Å². The first-order valence-electron chi connectivity index (χ1n) is 6.22. The van der Waals surface area contributed by atoms with Gasteiger partial charge in [0.1, 0.15) is 6.33 Å². The van der Waals surface area contributed by atoms with Crippen LogP contribution in [0.15, 0.2) is 41.7 Å². The van der Waals surface area contributed by atoms with E-state index >= 15 is 0 Å². The Balaban J connectivity index is 2.17. The molecule has 8 heteroatoms. The molecule has 0 saturated heterocycles. The molecule has 0 bridgehead atoms. The molecule has 0 aliphatic rings. The summed E-state index contributed by atoms with van der Waals surface area (Å²) in [7, 11) is -0.520. The molecule has 112 valence electrons. The van der Waals surface area contributed by atoms with Crippen molar-refractivity contribution < 1.29 is 8.42 Å². The lowest BCUT2D eigenvalue weighted by atomic mass is 10.2. The molecule has 1 aromatic carbocycles. The Labute approximate surface area is 123 Å². The third kappa shape index (κ3) is 3.47. The molecule has 2 rings (SSSR count). The number of benzene rings is 1. The number of anilines is 2. The smallest absolute Gasteiger partial charge is 0.242 e. The van der Waals surface area contributed by atoms with Crippen molar-refractivity contribution >= 4 is 21.4 Å². The number of hydrogen-bond acceptors (Lipinski definition) is 6. The van der Waals surface area contributed by atoms with Crippen molar-refractivity contribution in [3.63, 3.8) is 0 Å². The van der Waals surface area contributed by atoms with Crippen molar-refractivity contribution in [1.29, 1.82) is 0 Å². The van der Waals surface area contributed by atoms with E-state index < -0.39 is 10.0 Å². The summed E-state index contributed by atoms with van der Waals surface area (Å²) in [6.07, 6.45) is 3.12. The van der Waals surface area contributed by atoms with Gasteiger partial charge < -0.3 is 11.1 Å². The minimum absolute atomic E-state index is 0.164. The van der Waals surface area contributed by atoms with Crippen molar-refractivity contribution in [3.05, 3.63) is 42.5 Å². The lowest BCUT2D eigenvalue weighted by Crippen LogP contribution is -2.22. The monoisotopic (exact) mass is 307 g/mol. The Morgan fingerprint density at radius 2 is 2.05 bits per heavy atom. The van der Waals surface area contributed by atoms with Crippen LogP contribution in [-0.4, -0.2) is 36.8 Å². The summed E-state index contributed by atoms with van der Waals surface area (Å²) in [5.41, 5.74) is 7.74. The summed E-state index contributed by atoms with van der Waals surface area (Å²) in [6.45, 7) is 0.479. The first kappa shape index (κ1) is 15.2. The predicted molar refractivity (Wildman–Crippen MR) is 81.1 cm³/mol. The fourth-order valence-corrected chi connectivity index (χ4v) is 2.62. The average Bonchev–Trinajstić information content (AvgIpc) is 2.46. The maximum absolute atomic E-state index is 12.0. The van der Waals surface area contributed by atoms with Gasteiger partial charge in [-0.05, 0) is 24.3 Å². The van der Waals surface area contributed by atoms with Gasteiger partial charge in [-0.3, -0.25) is 0 Å². The number of hydrogen-bond donors (Lipinski definition) is 2. The van der Waals surface area contributed by atoms with Crippen molar-refractivity contribution in [2.24, 2.45) is 0 Å². The summed E-state index contributed by atoms with van der Waals surface area (Å²) in [6, 6.07) is 6.40. The van der Waals surface area contributed by atoms with Gasteiger partial charge in [0.15, 0.2) is 0 Å². The molecule has 1 heterocycles. The topological polar surface area (TPSA) is 101 Å². The number of nitrogens with two attached hydrogens (primary N) is 1. The fourth-order valence-electron chi connectivity index (χ4n) is 1.68. The third-order valence-electron chi connectivity index (χ3n) is 2.90. The Hall–Kier alpha value is -2.19. The largest absolute Gasteiger partial charge is 0.397 e. The number of nitrogens with zero attached hydrogens (tertiary/aromatic N) is 3. The molecular formula is C13H17N5O2S. The van der Waals surface area contributed by atoms with Crippen LogP contribution in [0.4, 0.5) is 11.4 Å². The number of nitrogen functional groups attached to an aromatic ring is 1. The summed E-state index contributed by atoms with van der Waals surface area (Å²) >= 11 is 0. The van der Waals surface area contributed by atoms with Crippen LogP contribution in [0.2, 0.25) is 0 Å². The molecule has 7 nitrogen and oxygen atoms in total. The second-order valence-electron chi connectivity index (χ2n) is 4.59. The highest BCUT2D eigenvalue weighted by molar-refractivity contribution is 7.89. The minimum Gasteiger partial charge on any atom is -0.397 e. The van der Waals surface area contributed by atoms with E-state index in [4.69, 9.17) is 5.73 Å². The molecule has 0 aliphatic heterocycles. The van der Waals surface area contributed by atoms with Crippen molar-refractivity contribution in [2.45, 2.75) is 11.4 Å².